The molecule has 1 aromatic carbocycles. The van der Waals surface area contributed by atoms with Gasteiger partial charge in [0, 0.05) is 24.8 Å². The zero-order valence-electron chi connectivity index (χ0n) is 14.6. The number of benzene rings is 1. The minimum atomic E-state index is 0.114. The topological polar surface area (TPSA) is 54.2 Å². The summed E-state index contributed by atoms with van der Waals surface area (Å²) < 4.78 is 5.27. The fraction of sp³-hybridized carbons (Fsp3) is 0.579. The van der Waals surface area contributed by atoms with E-state index in [1.807, 2.05) is 6.92 Å². The maximum Gasteiger partial charge on any atom is 0.243 e. The second-order valence-electron chi connectivity index (χ2n) is 7.14. The van der Waals surface area contributed by atoms with Crippen molar-refractivity contribution >= 4 is 5.69 Å². The largest absolute Gasteiger partial charge is 0.371 e. The number of piperidine rings is 1. The second kappa shape index (κ2) is 6.55. The van der Waals surface area contributed by atoms with Crippen molar-refractivity contribution in [3.05, 3.63) is 41.0 Å². The van der Waals surface area contributed by atoms with E-state index in [1.54, 1.807) is 11.1 Å². The Morgan fingerprint density at radius 2 is 2.00 bits per heavy atom. The van der Waals surface area contributed by atoms with Gasteiger partial charge in [-0.15, -0.1) is 0 Å². The molecule has 1 N–H and O–H groups in total. The van der Waals surface area contributed by atoms with E-state index in [-0.39, 0.29) is 6.04 Å². The fourth-order valence-electron chi connectivity index (χ4n) is 3.97. The van der Waals surface area contributed by atoms with Gasteiger partial charge in [-0.3, -0.25) is 0 Å². The van der Waals surface area contributed by atoms with Gasteiger partial charge in [0.05, 0.1) is 6.04 Å². The molecule has 2 heterocycles. The summed E-state index contributed by atoms with van der Waals surface area (Å²) in [4.78, 5) is 6.85. The number of rotatable bonds is 4. The van der Waals surface area contributed by atoms with Crippen LogP contribution in [0.4, 0.5) is 5.69 Å². The molecule has 0 saturated carbocycles. The average molecular weight is 326 g/mol. The second-order valence-corrected chi connectivity index (χ2v) is 7.14. The maximum absolute atomic E-state index is 5.27. The Bertz CT molecular complexity index is 703. The van der Waals surface area contributed by atoms with Crippen molar-refractivity contribution < 1.29 is 4.52 Å². The Labute approximate surface area is 143 Å². The smallest absolute Gasteiger partial charge is 0.243 e. The van der Waals surface area contributed by atoms with Crippen molar-refractivity contribution in [1.29, 1.82) is 0 Å². The highest BCUT2D eigenvalue weighted by atomic mass is 16.5. The minimum absolute atomic E-state index is 0.114. The van der Waals surface area contributed by atoms with Crippen LogP contribution in [0.3, 0.4) is 0 Å². The molecule has 0 spiro atoms. The first-order chi connectivity index (χ1) is 11.7. The first-order valence-corrected chi connectivity index (χ1v) is 9.12. The number of aromatic nitrogens is 2. The number of fused-ring (bicyclic) bond motifs is 1. The van der Waals surface area contributed by atoms with Crippen LogP contribution >= 0.6 is 0 Å². The maximum atomic E-state index is 5.27. The van der Waals surface area contributed by atoms with Gasteiger partial charge in [0.25, 0.3) is 0 Å². The number of nitrogens with one attached hydrogen (secondary N) is 1. The molecule has 1 fully saturated rings. The van der Waals surface area contributed by atoms with Gasteiger partial charge >= 0.3 is 0 Å². The molecule has 5 nitrogen and oxygen atoms in total. The quantitative estimate of drug-likeness (QED) is 0.935. The van der Waals surface area contributed by atoms with E-state index in [1.165, 1.54) is 24.9 Å². The van der Waals surface area contributed by atoms with Gasteiger partial charge < -0.3 is 14.7 Å². The summed E-state index contributed by atoms with van der Waals surface area (Å²) in [6.45, 7) is 6.16. The molecule has 1 aliphatic heterocycles. The number of hydrogen-bond donors (Lipinski definition) is 1. The molecule has 0 bridgehead atoms. The van der Waals surface area contributed by atoms with Crippen molar-refractivity contribution in [2.24, 2.45) is 0 Å². The third-order valence-corrected chi connectivity index (χ3v) is 5.34. The molecular formula is C19H26N4O. The molecule has 128 valence electrons. The highest BCUT2D eigenvalue weighted by molar-refractivity contribution is 5.52. The van der Waals surface area contributed by atoms with E-state index in [0.29, 0.717) is 17.8 Å². The highest BCUT2D eigenvalue weighted by Crippen LogP contribution is 2.28. The molecule has 2 aromatic rings. The van der Waals surface area contributed by atoms with E-state index < -0.39 is 0 Å². The molecular weight excluding hydrogens is 300 g/mol. The average Bonchev–Trinajstić information content (AvgIpc) is 3.23. The zero-order valence-corrected chi connectivity index (χ0v) is 14.6. The monoisotopic (exact) mass is 326 g/mol. The lowest BCUT2D eigenvalue weighted by atomic mass is 10.0. The lowest BCUT2D eigenvalue weighted by Gasteiger charge is -2.35. The molecule has 0 radical (unpaired) electrons. The van der Waals surface area contributed by atoms with Crippen molar-refractivity contribution in [3.63, 3.8) is 0 Å². The van der Waals surface area contributed by atoms with Crippen LogP contribution in [-0.4, -0.2) is 29.3 Å². The van der Waals surface area contributed by atoms with Crippen LogP contribution < -0.4 is 10.2 Å². The summed E-state index contributed by atoms with van der Waals surface area (Å²) in [7, 11) is 0. The van der Waals surface area contributed by atoms with E-state index in [4.69, 9.17) is 4.52 Å². The SMILES string of the molecule is Cc1noc([C@H](C)NC2CCN(c3ccc4c(c3)CCC4)CC2)n1. The van der Waals surface area contributed by atoms with Gasteiger partial charge in [0.1, 0.15) is 0 Å². The molecule has 1 aromatic heterocycles. The first-order valence-electron chi connectivity index (χ1n) is 9.12. The zero-order chi connectivity index (χ0) is 16.5. The van der Waals surface area contributed by atoms with Crippen molar-refractivity contribution in [1.82, 2.24) is 15.5 Å². The van der Waals surface area contributed by atoms with Gasteiger partial charge in [0.15, 0.2) is 5.82 Å². The summed E-state index contributed by atoms with van der Waals surface area (Å²) in [5, 5.41) is 7.52. The highest BCUT2D eigenvalue weighted by Gasteiger charge is 2.23. The summed E-state index contributed by atoms with van der Waals surface area (Å²) >= 11 is 0. The van der Waals surface area contributed by atoms with Gasteiger partial charge in [-0.2, -0.15) is 4.98 Å². The van der Waals surface area contributed by atoms with Crippen molar-refractivity contribution in [3.8, 4) is 0 Å². The summed E-state index contributed by atoms with van der Waals surface area (Å²) in [6, 6.07) is 7.68. The Morgan fingerprint density at radius 3 is 2.75 bits per heavy atom. The van der Waals surface area contributed by atoms with Crippen LogP contribution in [-0.2, 0) is 12.8 Å². The number of anilines is 1. The normalized spacial score (nSPS) is 19.5. The van der Waals surface area contributed by atoms with Crippen LogP contribution in [0.2, 0.25) is 0 Å². The summed E-state index contributed by atoms with van der Waals surface area (Å²) in [5.41, 5.74) is 4.52. The van der Waals surface area contributed by atoms with E-state index in [2.05, 4.69) is 45.5 Å². The number of nitrogens with zero attached hydrogens (tertiary/aromatic N) is 3. The predicted octanol–water partition coefficient (Wildman–Crippen LogP) is 3.19. The van der Waals surface area contributed by atoms with E-state index in [9.17, 15) is 0 Å². The van der Waals surface area contributed by atoms with Crippen LogP contribution in [0, 0.1) is 6.92 Å². The van der Waals surface area contributed by atoms with Crippen molar-refractivity contribution in [2.45, 2.75) is 58.0 Å². The molecule has 4 rings (SSSR count). The minimum Gasteiger partial charge on any atom is -0.371 e. The molecule has 1 saturated heterocycles. The Morgan fingerprint density at radius 1 is 1.21 bits per heavy atom. The lowest BCUT2D eigenvalue weighted by Crippen LogP contribution is -2.43. The fourth-order valence-corrected chi connectivity index (χ4v) is 3.97. The summed E-state index contributed by atoms with van der Waals surface area (Å²) in [5.74, 6) is 1.39. The van der Waals surface area contributed by atoms with Gasteiger partial charge in [-0.05, 0) is 69.2 Å². The van der Waals surface area contributed by atoms with Crippen LogP contribution in [0.25, 0.3) is 0 Å². The van der Waals surface area contributed by atoms with Crippen LogP contribution in [0.1, 0.15) is 55.1 Å². The molecule has 5 heteroatoms. The molecule has 24 heavy (non-hydrogen) atoms. The molecule has 1 aliphatic carbocycles. The van der Waals surface area contributed by atoms with Crippen LogP contribution in [0.5, 0.6) is 0 Å². The third-order valence-electron chi connectivity index (χ3n) is 5.34. The van der Waals surface area contributed by atoms with Crippen LogP contribution in [0.15, 0.2) is 22.7 Å². The predicted molar refractivity (Wildman–Crippen MR) is 94.3 cm³/mol. The molecule has 1 atom stereocenters. The number of hydrogen-bond acceptors (Lipinski definition) is 5. The Balaban J connectivity index is 1.33. The van der Waals surface area contributed by atoms with Gasteiger partial charge in [0.2, 0.25) is 5.89 Å². The van der Waals surface area contributed by atoms with Crippen molar-refractivity contribution in [2.75, 3.05) is 18.0 Å². The summed E-state index contributed by atoms with van der Waals surface area (Å²) in [6.07, 6.45) is 6.12. The number of aryl methyl sites for hydroxylation is 3. The lowest BCUT2D eigenvalue weighted by molar-refractivity contribution is 0.304. The van der Waals surface area contributed by atoms with Gasteiger partial charge in [-0.1, -0.05) is 11.2 Å². The Hall–Kier alpha value is -1.88. The molecule has 2 aliphatic rings. The third kappa shape index (κ3) is 3.18. The van der Waals surface area contributed by atoms with Gasteiger partial charge in [-0.25, -0.2) is 0 Å². The molecule has 0 amide bonds. The Kier molecular flexibility index (Phi) is 4.27. The van der Waals surface area contributed by atoms with E-state index >= 15 is 0 Å². The molecule has 0 unspecified atom stereocenters. The standard InChI is InChI=1S/C19H26N4O/c1-13(19-21-14(2)22-24-19)20-17-8-10-23(11-9-17)18-7-6-15-4-3-5-16(15)12-18/h6-7,12-13,17,20H,3-5,8-11H2,1-2H3/t13-/m0/s1. The van der Waals surface area contributed by atoms with E-state index in [0.717, 1.165) is 25.9 Å². The first kappa shape index (κ1) is 15.6.